The number of hydrogen-bond acceptors (Lipinski definition) is 4. The minimum absolute atomic E-state index is 0.493. The molecule has 2 rings (SSSR count). The lowest BCUT2D eigenvalue weighted by molar-refractivity contribution is 0.0255. The van der Waals surface area contributed by atoms with E-state index in [1.165, 1.54) is 32.2 Å². The van der Waals surface area contributed by atoms with Crippen molar-refractivity contribution >= 4 is 0 Å². The van der Waals surface area contributed by atoms with E-state index in [2.05, 4.69) is 29.2 Å². The van der Waals surface area contributed by atoms with E-state index in [-0.39, 0.29) is 0 Å². The maximum absolute atomic E-state index is 10.3. The molecule has 0 aromatic rings. The van der Waals surface area contributed by atoms with Crippen LogP contribution in [0.2, 0.25) is 0 Å². The number of hydrogen-bond donors (Lipinski definition) is 2. The Balaban J connectivity index is 1.69. The van der Waals surface area contributed by atoms with Gasteiger partial charge in [-0.1, -0.05) is 6.42 Å². The maximum Gasteiger partial charge on any atom is 0.0909 e. The normalized spacial score (nSPS) is 34.3. The monoisotopic (exact) mass is 255 g/mol. The second kappa shape index (κ2) is 6.33. The van der Waals surface area contributed by atoms with Crippen molar-refractivity contribution in [3.63, 3.8) is 0 Å². The molecule has 2 atom stereocenters. The van der Waals surface area contributed by atoms with Crippen LogP contribution in [0.1, 0.15) is 32.1 Å². The van der Waals surface area contributed by atoms with E-state index in [1.807, 2.05) is 0 Å². The Morgan fingerprint density at radius 2 is 2.28 bits per heavy atom. The summed E-state index contributed by atoms with van der Waals surface area (Å²) in [6, 6.07) is 0.748. The number of likely N-dealkylation sites (tertiary alicyclic amines) is 1. The first-order valence-electron chi connectivity index (χ1n) is 7.41. The predicted molar refractivity (Wildman–Crippen MR) is 74.8 cm³/mol. The highest BCUT2D eigenvalue weighted by atomic mass is 16.3. The maximum atomic E-state index is 10.3. The molecule has 4 heteroatoms. The molecule has 0 bridgehead atoms. The van der Waals surface area contributed by atoms with Crippen LogP contribution in [-0.2, 0) is 0 Å². The molecular weight excluding hydrogens is 226 g/mol. The summed E-state index contributed by atoms with van der Waals surface area (Å²) in [6.45, 7) is 4.85. The van der Waals surface area contributed by atoms with Crippen LogP contribution in [0.15, 0.2) is 0 Å². The van der Waals surface area contributed by atoms with Gasteiger partial charge >= 0.3 is 0 Å². The third kappa shape index (κ3) is 3.92. The largest absolute Gasteiger partial charge is 0.387 e. The molecule has 2 fully saturated rings. The van der Waals surface area contributed by atoms with E-state index in [0.29, 0.717) is 0 Å². The topological polar surface area (TPSA) is 38.7 Å². The summed E-state index contributed by atoms with van der Waals surface area (Å²) in [7, 11) is 4.39. The van der Waals surface area contributed by atoms with Gasteiger partial charge in [-0.25, -0.2) is 0 Å². The highest BCUT2D eigenvalue weighted by Gasteiger charge is 2.32. The lowest BCUT2D eigenvalue weighted by atomic mass is 9.99. The number of likely N-dealkylation sites (N-methyl/N-ethyl adjacent to an activating group) is 1. The molecular formula is C14H29N3O. The molecule has 0 saturated carbocycles. The Kier molecular flexibility index (Phi) is 5.01. The zero-order chi connectivity index (χ0) is 13.0. The molecule has 0 aliphatic carbocycles. The van der Waals surface area contributed by atoms with Crippen LogP contribution >= 0.6 is 0 Å². The minimum atomic E-state index is -0.493. The summed E-state index contributed by atoms with van der Waals surface area (Å²) in [5.41, 5.74) is -0.493. The first-order chi connectivity index (χ1) is 8.59. The molecule has 0 amide bonds. The van der Waals surface area contributed by atoms with Crippen LogP contribution in [0.25, 0.3) is 0 Å². The predicted octanol–water partition coefficient (Wildman–Crippen LogP) is 0.517. The van der Waals surface area contributed by atoms with Crippen LogP contribution in [0, 0.1) is 0 Å². The van der Waals surface area contributed by atoms with Crippen LogP contribution in [-0.4, -0.2) is 73.4 Å². The summed E-state index contributed by atoms with van der Waals surface area (Å²) in [4.78, 5) is 4.80. The fourth-order valence-corrected chi connectivity index (χ4v) is 3.33. The van der Waals surface area contributed by atoms with Gasteiger partial charge in [-0.15, -0.1) is 0 Å². The van der Waals surface area contributed by atoms with Crippen molar-refractivity contribution in [2.45, 2.75) is 43.7 Å². The van der Waals surface area contributed by atoms with Crippen molar-refractivity contribution < 1.29 is 5.11 Å². The first-order valence-corrected chi connectivity index (χ1v) is 7.41. The average molecular weight is 255 g/mol. The van der Waals surface area contributed by atoms with Crippen molar-refractivity contribution in [1.29, 1.82) is 0 Å². The highest BCUT2D eigenvalue weighted by molar-refractivity contribution is 4.90. The number of nitrogens with one attached hydrogen (secondary N) is 1. The standard InChI is InChI=1S/C14H29N3O/c1-16(12-14(18)7-8-15-11-14)10-6-13-5-3-4-9-17(13)2/h13,15,18H,3-12H2,1-2H3. The van der Waals surface area contributed by atoms with Gasteiger partial charge in [0.15, 0.2) is 0 Å². The van der Waals surface area contributed by atoms with E-state index < -0.39 is 5.60 Å². The number of rotatable bonds is 5. The van der Waals surface area contributed by atoms with E-state index in [1.54, 1.807) is 0 Å². The van der Waals surface area contributed by atoms with Gasteiger partial charge in [-0.3, -0.25) is 0 Å². The van der Waals surface area contributed by atoms with Crippen LogP contribution in [0.4, 0.5) is 0 Å². The summed E-state index contributed by atoms with van der Waals surface area (Å²) in [5.74, 6) is 0. The second-order valence-electron chi connectivity index (χ2n) is 6.31. The van der Waals surface area contributed by atoms with Crippen molar-refractivity contribution in [2.24, 2.45) is 0 Å². The number of β-amino-alcohol motifs (C(OH)–C–C–N with tert-alkyl or cyclic N) is 1. The average Bonchev–Trinajstić information content (AvgIpc) is 2.74. The van der Waals surface area contributed by atoms with E-state index in [4.69, 9.17) is 0 Å². The molecule has 2 N–H and O–H groups in total. The van der Waals surface area contributed by atoms with Gasteiger partial charge in [-0.05, 0) is 59.4 Å². The van der Waals surface area contributed by atoms with E-state index in [9.17, 15) is 5.11 Å². The van der Waals surface area contributed by atoms with Gasteiger partial charge in [0.25, 0.3) is 0 Å². The van der Waals surface area contributed by atoms with Crippen LogP contribution < -0.4 is 5.32 Å². The van der Waals surface area contributed by atoms with Gasteiger partial charge in [0.1, 0.15) is 0 Å². The minimum Gasteiger partial charge on any atom is -0.387 e. The molecule has 0 radical (unpaired) electrons. The van der Waals surface area contributed by atoms with Gasteiger partial charge in [0.2, 0.25) is 0 Å². The molecule has 2 unspecified atom stereocenters. The summed E-state index contributed by atoms with van der Waals surface area (Å²) < 4.78 is 0. The fourth-order valence-electron chi connectivity index (χ4n) is 3.33. The van der Waals surface area contributed by atoms with Crippen molar-refractivity contribution in [2.75, 3.05) is 46.8 Å². The molecule has 2 aliphatic rings. The van der Waals surface area contributed by atoms with Crippen LogP contribution in [0.3, 0.4) is 0 Å². The van der Waals surface area contributed by atoms with Crippen molar-refractivity contribution in [3.8, 4) is 0 Å². The summed E-state index contributed by atoms with van der Waals surface area (Å²) in [5, 5.41) is 13.6. The zero-order valence-corrected chi connectivity index (χ0v) is 12.0. The third-order valence-electron chi connectivity index (χ3n) is 4.55. The molecule has 0 aromatic carbocycles. The quantitative estimate of drug-likeness (QED) is 0.751. The second-order valence-corrected chi connectivity index (χ2v) is 6.31. The van der Waals surface area contributed by atoms with Gasteiger partial charge < -0.3 is 20.2 Å². The lowest BCUT2D eigenvalue weighted by Gasteiger charge is -2.34. The number of aliphatic hydroxyl groups is 1. The molecule has 2 saturated heterocycles. The Morgan fingerprint density at radius 1 is 1.44 bits per heavy atom. The molecule has 0 aromatic heterocycles. The zero-order valence-electron chi connectivity index (χ0n) is 12.0. The molecule has 106 valence electrons. The van der Waals surface area contributed by atoms with Gasteiger partial charge in [-0.2, -0.15) is 0 Å². The summed E-state index contributed by atoms with van der Waals surface area (Å²) in [6.07, 6.45) is 6.20. The third-order valence-corrected chi connectivity index (χ3v) is 4.55. The molecule has 2 aliphatic heterocycles. The molecule has 0 spiro atoms. The Bertz CT molecular complexity index is 253. The van der Waals surface area contributed by atoms with Crippen molar-refractivity contribution in [3.05, 3.63) is 0 Å². The Morgan fingerprint density at radius 3 is 2.94 bits per heavy atom. The fraction of sp³-hybridized carbons (Fsp3) is 1.00. The smallest absolute Gasteiger partial charge is 0.0909 e. The Labute approximate surface area is 111 Å². The highest BCUT2D eigenvalue weighted by Crippen LogP contribution is 2.19. The van der Waals surface area contributed by atoms with Gasteiger partial charge in [0, 0.05) is 19.1 Å². The lowest BCUT2D eigenvalue weighted by Crippen LogP contribution is -2.45. The van der Waals surface area contributed by atoms with E-state index in [0.717, 1.165) is 38.6 Å². The van der Waals surface area contributed by atoms with Gasteiger partial charge in [0.05, 0.1) is 5.60 Å². The van der Waals surface area contributed by atoms with Crippen LogP contribution in [0.5, 0.6) is 0 Å². The molecule has 2 heterocycles. The molecule has 18 heavy (non-hydrogen) atoms. The van der Waals surface area contributed by atoms with Crippen molar-refractivity contribution in [1.82, 2.24) is 15.1 Å². The first kappa shape index (κ1) is 14.3. The number of nitrogens with zero attached hydrogens (tertiary/aromatic N) is 2. The molecule has 4 nitrogen and oxygen atoms in total. The SMILES string of the molecule is CN(CCC1CCCCN1C)CC1(O)CCNC1. The van der Waals surface area contributed by atoms with E-state index >= 15 is 0 Å². The number of piperidine rings is 1. The summed E-state index contributed by atoms with van der Waals surface area (Å²) >= 11 is 0. The Hall–Kier alpha value is -0.160.